The molecule has 0 amide bonds. The van der Waals surface area contributed by atoms with Crippen molar-refractivity contribution in [3.8, 4) is 6.07 Å². The van der Waals surface area contributed by atoms with Crippen LogP contribution in [0.15, 0.2) is 59.9 Å². The van der Waals surface area contributed by atoms with Crippen LogP contribution < -0.4 is 9.80 Å². The molecule has 0 fully saturated rings. The maximum Gasteiger partial charge on any atom is 0.356 e. The number of hydrogen-bond acceptors (Lipinski definition) is 6. The minimum Gasteiger partial charge on any atom is -0.453 e. The van der Waals surface area contributed by atoms with Gasteiger partial charge in [0, 0.05) is 25.0 Å². The number of carbonyl (C=O) groups excluding carboxylic acids is 2. The van der Waals surface area contributed by atoms with Gasteiger partial charge >= 0.3 is 5.97 Å². The fraction of sp³-hybridized carbons (Fsp3) is 0.136. The van der Waals surface area contributed by atoms with Crippen molar-refractivity contribution in [1.29, 1.82) is 5.26 Å². The smallest absolute Gasteiger partial charge is 0.356 e. The molecule has 0 aliphatic carbocycles. The van der Waals surface area contributed by atoms with Gasteiger partial charge in [-0.2, -0.15) is 5.26 Å². The average Bonchev–Trinajstić information content (AvgIpc) is 3.23. The molecule has 8 heteroatoms. The molecule has 3 aromatic rings. The van der Waals surface area contributed by atoms with Crippen molar-refractivity contribution in [3.05, 3.63) is 70.6 Å². The summed E-state index contributed by atoms with van der Waals surface area (Å²) in [6.45, 7) is -0.574. The van der Waals surface area contributed by atoms with Crippen LogP contribution in [0.2, 0.25) is 5.02 Å². The van der Waals surface area contributed by atoms with E-state index in [4.69, 9.17) is 16.3 Å². The Kier molecular flexibility index (Phi) is 4.94. The molecule has 0 saturated heterocycles. The number of rotatable bonds is 4. The number of nitrogens with zero attached hydrogens (tertiary/aromatic N) is 3. The van der Waals surface area contributed by atoms with Gasteiger partial charge in [0.15, 0.2) is 6.61 Å². The zero-order valence-electron chi connectivity index (χ0n) is 16.3. The number of halogens is 1. The maximum absolute atomic E-state index is 12.7. The van der Waals surface area contributed by atoms with Crippen molar-refractivity contribution < 1.29 is 14.3 Å². The highest BCUT2D eigenvalue weighted by molar-refractivity contribution is 6.38. The van der Waals surface area contributed by atoms with E-state index in [9.17, 15) is 14.9 Å². The predicted octanol–water partition coefficient (Wildman–Crippen LogP) is 3.87. The quantitative estimate of drug-likeness (QED) is 0.391. The lowest BCUT2D eigenvalue weighted by Crippen LogP contribution is -2.28. The first kappa shape index (κ1) is 19.6. The Morgan fingerprint density at radius 3 is 2.27 bits per heavy atom. The molecule has 1 aliphatic rings. The first-order valence-electron chi connectivity index (χ1n) is 9.11. The Balaban J connectivity index is 1.56. The summed E-state index contributed by atoms with van der Waals surface area (Å²) in [6.07, 6.45) is 0. The molecular weight excluding hydrogens is 404 g/mol. The maximum atomic E-state index is 12.7. The number of ether oxygens (including phenoxy) is 1. The SMILES string of the molecule is CN1C(=C(C#N)C(=O)COC(=O)c2[nH]c3ccccc3c2Cl)N(C)c2ccccc21. The minimum absolute atomic E-state index is 0.0688. The van der Waals surface area contributed by atoms with Crippen LogP contribution in [0.1, 0.15) is 10.5 Å². The number of nitriles is 1. The third kappa shape index (κ3) is 3.08. The summed E-state index contributed by atoms with van der Waals surface area (Å²) in [7, 11) is 3.55. The van der Waals surface area contributed by atoms with E-state index >= 15 is 0 Å². The van der Waals surface area contributed by atoms with Gasteiger partial charge in [-0.3, -0.25) is 4.79 Å². The van der Waals surface area contributed by atoms with Gasteiger partial charge < -0.3 is 19.5 Å². The first-order chi connectivity index (χ1) is 14.4. The zero-order chi connectivity index (χ0) is 21.4. The van der Waals surface area contributed by atoms with E-state index in [1.165, 1.54) is 0 Å². The number of aromatic nitrogens is 1. The molecule has 0 spiro atoms. The molecule has 0 atom stereocenters. The number of Topliss-reactive ketones (excluding diaryl/α,β-unsaturated/α-hetero) is 1. The summed E-state index contributed by atoms with van der Waals surface area (Å²) in [4.78, 5) is 31.6. The summed E-state index contributed by atoms with van der Waals surface area (Å²) >= 11 is 6.26. The lowest BCUT2D eigenvalue weighted by molar-refractivity contribution is -0.118. The third-order valence-corrected chi connectivity index (χ3v) is 5.43. The van der Waals surface area contributed by atoms with Gasteiger partial charge in [-0.1, -0.05) is 41.9 Å². The second-order valence-corrected chi connectivity index (χ2v) is 7.15. The number of nitrogens with one attached hydrogen (secondary N) is 1. The second-order valence-electron chi connectivity index (χ2n) is 6.78. The fourth-order valence-corrected chi connectivity index (χ4v) is 3.87. The summed E-state index contributed by atoms with van der Waals surface area (Å²) in [6, 6.07) is 16.7. The van der Waals surface area contributed by atoms with Gasteiger partial charge in [-0.15, -0.1) is 0 Å². The largest absolute Gasteiger partial charge is 0.453 e. The number of aromatic amines is 1. The molecule has 0 bridgehead atoms. The van der Waals surface area contributed by atoms with Gasteiger partial charge in [-0.25, -0.2) is 4.79 Å². The van der Waals surface area contributed by atoms with Gasteiger partial charge in [0.25, 0.3) is 0 Å². The van der Waals surface area contributed by atoms with E-state index in [-0.39, 0.29) is 16.3 Å². The first-order valence-corrected chi connectivity index (χ1v) is 9.49. The molecule has 4 rings (SSSR count). The molecule has 0 saturated carbocycles. The van der Waals surface area contributed by atoms with Gasteiger partial charge in [-0.05, 0) is 18.2 Å². The van der Waals surface area contributed by atoms with Crippen LogP contribution in [-0.4, -0.2) is 37.4 Å². The summed E-state index contributed by atoms with van der Waals surface area (Å²) in [5.74, 6) is -0.925. The van der Waals surface area contributed by atoms with Gasteiger partial charge in [0.1, 0.15) is 23.2 Å². The number of fused-ring (bicyclic) bond motifs is 2. The highest BCUT2D eigenvalue weighted by Gasteiger charge is 2.31. The number of anilines is 2. The van der Waals surface area contributed by atoms with Crippen LogP contribution in [0.25, 0.3) is 10.9 Å². The van der Waals surface area contributed by atoms with E-state index in [1.54, 1.807) is 42.1 Å². The molecule has 1 aliphatic heterocycles. The Hall–Kier alpha value is -3.76. The summed E-state index contributed by atoms with van der Waals surface area (Å²) < 4.78 is 5.16. The summed E-state index contributed by atoms with van der Waals surface area (Å²) in [5, 5.41) is 10.6. The second kappa shape index (κ2) is 7.58. The Labute approximate surface area is 177 Å². The topological polar surface area (TPSA) is 89.4 Å². The summed E-state index contributed by atoms with van der Waals surface area (Å²) in [5.41, 5.74) is 2.41. The van der Waals surface area contributed by atoms with Crippen molar-refractivity contribution in [1.82, 2.24) is 4.98 Å². The monoisotopic (exact) mass is 420 g/mol. The Bertz CT molecular complexity index is 1220. The molecular formula is C22H17ClN4O3. The number of H-pyrrole nitrogens is 1. The van der Waals surface area contributed by atoms with Crippen LogP contribution in [0.4, 0.5) is 11.4 Å². The van der Waals surface area contributed by atoms with E-state index in [1.807, 2.05) is 36.4 Å². The highest BCUT2D eigenvalue weighted by Crippen LogP contribution is 2.40. The highest BCUT2D eigenvalue weighted by atomic mass is 35.5. The molecule has 2 heterocycles. The Morgan fingerprint density at radius 2 is 1.67 bits per heavy atom. The molecule has 150 valence electrons. The van der Waals surface area contributed by atoms with Gasteiger partial charge in [0.2, 0.25) is 5.78 Å². The molecule has 1 aromatic heterocycles. The van der Waals surface area contributed by atoms with Crippen molar-refractivity contribution in [2.24, 2.45) is 0 Å². The van der Waals surface area contributed by atoms with Crippen LogP contribution in [0.3, 0.4) is 0 Å². The predicted molar refractivity (Wildman–Crippen MR) is 114 cm³/mol. The third-order valence-electron chi connectivity index (χ3n) is 5.04. The van der Waals surface area contributed by atoms with Crippen LogP contribution >= 0.6 is 11.6 Å². The minimum atomic E-state index is -0.761. The van der Waals surface area contributed by atoms with E-state index in [2.05, 4.69) is 4.98 Å². The van der Waals surface area contributed by atoms with Crippen molar-refractivity contribution in [3.63, 3.8) is 0 Å². The molecule has 0 unspecified atom stereocenters. The number of para-hydroxylation sites is 3. The van der Waals surface area contributed by atoms with E-state index in [0.29, 0.717) is 16.7 Å². The van der Waals surface area contributed by atoms with Gasteiger partial charge in [0.05, 0.1) is 16.4 Å². The number of ketones is 1. The lowest BCUT2D eigenvalue weighted by Gasteiger charge is -2.19. The van der Waals surface area contributed by atoms with Crippen LogP contribution in [0, 0.1) is 11.3 Å². The Morgan fingerprint density at radius 1 is 1.07 bits per heavy atom. The lowest BCUT2D eigenvalue weighted by atomic mass is 10.2. The fourth-order valence-electron chi connectivity index (χ4n) is 3.58. The normalized spacial score (nSPS) is 12.7. The van der Waals surface area contributed by atoms with E-state index < -0.39 is 18.4 Å². The van der Waals surface area contributed by atoms with Crippen molar-refractivity contribution in [2.75, 3.05) is 30.5 Å². The molecule has 0 radical (unpaired) electrons. The average molecular weight is 421 g/mol. The number of carbonyl (C=O) groups is 2. The number of esters is 1. The molecule has 30 heavy (non-hydrogen) atoms. The van der Waals surface area contributed by atoms with Crippen molar-refractivity contribution in [2.45, 2.75) is 0 Å². The molecule has 2 aromatic carbocycles. The van der Waals surface area contributed by atoms with E-state index in [0.717, 1.165) is 11.4 Å². The number of hydrogen-bond donors (Lipinski definition) is 1. The number of benzene rings is 2. The van der Waals surface area contributed by atoms with Crippen molar-refractivity contribution >= 4 is 45.6 Å². The molecule has 7 nitrogen and oxygen atoms in total. The standard InChI is InChI=1S/C22H17ClN4O3/c1-26-16-9-5-6-10-17(16)27(2)21(26)14(11-24)18(28)12-30-22(29)20-19(23)13-7-3-4-8-15(13)25-20/h3-10,25H,12H2,1-2H3. The molecule has 1 N–H and O–H groups in total. The zero-order valence-corrected chi connectivity index (χ0v) is 17.0. The van der Waals surface area contributed by atoms with Crippen LogP contribution in [0.5, 0.6) is 0 Å². The van der Waals surface area contributed by atoms with Crippen LogP contribution in [-0.2, 0) is 9.53 Å².